The van der Waals surface area contributed by atoms with E-state index in [1.54, 1.807) is 18.2 Å². The largest absolute Gasteiger partial charge is 0.493 e. The fourth-order valence-corrected chi connectivity index (χ4v) is 5.01. The van der Waals surface area contributed by atoms with Gasteiger partial charge in [0.25, 0.3) is 0 Å². The number of benzene rings is 2. The van der Waals surface area contributed by atoms with Gasteiger partial charge in [-0.15, -0.1) is 0 Å². The van der Waals surface area contributed by atoms with Crippen LogP contribution in [0.3, 0.4) is 0 Å². The second kappa shape index (κ2) is 10.1. The van der Waals surface area contributed by atoms with E-state index < -0.39 is 11.9 Å². The summed E-state index contributed by atoms with van der Waals surface area (Å²) in [5.41, 5.74) is 8.14. The highest BCUT2D eigenvalue weighted by Gasteiger charge is 2.41. The summed E-state index contributed by atoms with van der Waals surface area (Å²) in [6.07, 6.45) is 1.59. The van der Waals surface area contributed by atoms with E-state index in [4.69, 9.17) is 36.3 Å². The van der Waals surface area contributed by atoms with Crippen LogP contribution in [0.1, 0.15) is 36.3 Å². The first-order valence-corrected chi connectivity index (χ1v) is 11.8. The number of ether oxygens (including phenoxy) is 4. The molecule has 7 nitrogen and oxygen atoms in total. The third-order valence-corrected chi connectivity index (χ3v) is 6.57. The van der Waals surface area contributed by atoms with Crippen LogP contribution >= 0.6 is 27.5 Å². The maximum absolute atomic E-state index is 12.9. The molecule has 0 bridgehead atoms. The Balaban J connectivity index is 1.77. The molecule has 2 aromatic rings. The van der Waals surface area contributed by atoms with Crippen LogP contribution < -0.4 is 15.2 Å². The Labute approximate surface area is 210 Å². The Hall–Kier alpha value is -2.97. The fourth-order valence-electron chi connectivity index (χ4n) is 4.23. The van der Waals surface area contributed by atoms with Crippen LogP contribution in [0.25, 0.3) is 0 Å². The number of hydrogen-bond acceptors (Lipinski definition) is 7. The Morgan fingerprint density at radius 1 is 1.24 bits per heavy atom. The van der Waals surface area contributed by atoms with Gasteiger partial charge in [0.05, 0.1) is 24.6 Å². The molecular formula is C25H23BrClNO6. The van der Waals surface area contributed by atoms with Crippen LogP contribution in [0.2, 0.25) is 5.02 Å². The Kier molecular flexibility index (Phi) is 7.19. The number of hydrogen-bond donors (Lipinski definition) is 1. The number of esters is 1. The average molecular weight is 549 g/mol. The van der Waals surface area contributed by atoms with Gasteiger partial charge >= 0.3 is 5.97 Å². The minimum Gasteiger partial charge on any atom is -0.493 e. The van der Waals surface area contributed by atoms with E-state index in [-0.39, 0.29) is 23.8 Å². The molecule has 0 fully saturated rings. The Morgan fingerprint density at radius 3 is 2.74 bits per heavy atom. The molecule has 0 radical (unpaired) electrons. The van der Waals surface area contributed by atoms with Crippen molar-refractivity contribution in [3.05, 3.63) is 79.8 Å². The number of methoxy groups -OCH3 is 2. The Morgan fingerprint density at radius 2 is 2.03 bits per heavy atom. The number of allylic oxidation sites excluding steroid dienone is 2. The van der Waals surface area contributed by atoms with Crippen LogP contribution in [0.15, 0.2) is 63.7 Å². The SMILES string of the molecule is COC(=O)C1=C(N)OC2=C(C(=O)CCC2)[C@H]1c1cc(Br)c(OCc2cccc(Cl)c2)c(OC)c1. The summed E-state index contributed by atoms with van der Waals surface area (Å²) in [5.74, 6) is -0.189. The fraction of sp³-hybridized carbons (Fsp3) is 0.280. The van der Waals surface area contributed by atoms with Gasteiger partial charge in [-0.05, 0) is 57.7 Å². The lowest BCUT2D eigenvalue weighted by Crippen LogP contribution is -2.31. The third-order valence-electron chi connectivity index (χ3n) is 5.75. The molecule has 2 aromatic carbocycles. The number of halogens is 2. The molecule has 0 saturated heterocycles. The maximum atomic E-state index is 12.9. The van der Waals surface area contributed by atoms with Crippen LogP contribution in [0.5, 0.6) is 11.5 Å². The quantitative estimate of drug-likeness (QED) is 0.498. The monoisotopic (exact) mass is 547 g/mol. The van der Waals surface area contributed by atoms with Gasteiger partial charge in [0.15, 0.2) is 17.3 Å². The Bertz CT molecular complexity index is 1220. The molecular weight excluding hydrogens is 526 g/mol. The molecule has 34 heavy (non-hydrogen) atoms. The van der Waals surface area contributed by atoms with Crippen LogP contribution in [-0.4, -0.2) is 26.0 Å². The van der Waals surface area contributed by atoms with E-state index in [0.717, 1.165) is 5.56 Å². The summed E-state index contributed by atoms with van der Waals surface area (Å²) in [6.45, 7) is 0.264. The molecule has 2 aliphatic rings. The number of carbonyl (C=O) groups excluding carboxylic acids is 2. The highest BCUT2D eigenvalue weighted by Crippen LogP contribution is 2.47. The molecule has 1 heterocycles. The van der Waals surface area contributed by atoms with Crippen LogP contribution in [0.4, 0.5) is 0 Å². The molecule has 1 aliphatic heterocycles. The maximum Gasteiger partial charge on any atom is 0.340 e. The van der Waals surface area contributed by atoms with Gasteiger partial charge in [0.2, 0.25) is 5.88 Å². The lowest BCUT2D eigenvalue weighted by Gasteiger charge is -2.32. The zero-order valence-corrected chi connectivity index (χ0v) is 21.0. The summed E-state index contributed by atoms with van der Waals surface area (Å²) < 4.78 is 22.9. The number of carbonyl (C=O) groups is 2. The molecule has 9 heteroatoms. The molecule has 0 aromatic heterocycles. The highest BCUT2D eigenvalue weighted by atomic mass is 79.9. The van der Waals surface area contributed by atoms with E-state index in [0.29, 0.717) is 57.2 Å². The van der Waals surface area contributed by atoms with Gasteiger partial charge in [-0.3, -0.25) is 4.79 Å². The lowest BCUT2D eigenvalue weighted by molar-refractivity contribution is -0.136. The van der Waals surface area contributed by atoms with Gasteiger partial charge in [-0.25, -0.2) is 4.79 Å². The lowest BCUT2D eigenvalue weighted by atomic mass is 9.77. The molecule has 0 unspecified atom stereocenters. The van der Waals surface area contributed by atoms with Gasteiger partial charge in [0, 0.05) is 23.4 Å². The molecule has 1 aliphatic carbocycles. The summed E-state index contributed by atoms with van der Waals surface area (Å²) in [4.78, 5) is 25.6. The van der Waals surface area contributed by atoms with E-state index in [1.165, 1.54) is 14.2 Å². The van der Waals surface area contributed by atoms with Crippen molar-refractivity contribution in [3.8, 4) is 11.5 Å². The van der Waals surface area contributed by atoms with E-state index in [1.807, 2.05) is 18.2 Å². The first kappa shape index (κ1) is 24.2. The van der Waals surface area contributed by atoms with E-state index in [2.05, 4.69) is 15.9 Å². The predicted molar refractivity (Wildman–Crippen MR) is 129 cm³/mol. The van der Waals surface area contributed by atoms with Gasteiger partial charge in [-0.1, -0.05) is 23.7 Å². The standard InChI is InChI=1S/C25H23BrClNO6/c1-31-19-11-14(10-16(26)23(19)33-12-13-5-3-6-15(27)9-13)20-21-17(29)7-4-8-18(21)34-24(28)22(20)25(30)32-2/h3,5-6,9-11,20H,4,7-8,12,28H2,1-2H3/t20-/m1/s1. The van der Waals surface area contributed by atoms with Gasteiger partial charge in [0.1, 0.15) is 17.9 Å². The third kappa shape index (κ3) is 4.65. The first-order valence-electron chi connectivity index (χ1n) is 10.6. The van der Waals surface area contributed by atoms with Gasteiger partial charge in [-0.2, -0.15) is 0 Å². The molecule has 178 valence electrons. The molecule has 0 spiro atoms. The predicted octanol–water partition coefficient (Wildman–Crippen LogP) is 5.15. The van der Waals surface area contributed by atoms with Crippen molar-refractivity contribution in [2.24, 2.45) is 5.73 Å². The molecule has 2 N–H and O–H groups in total. The zero-order valence-electron chi connectivity index (χ0n) is 18.7. The van der Waals surface area contributed by atoms with Crippen LogP contribution in [0, 0.1) is 0 Å². The van der Waals surface area contributed by atoms with Gasteiger partial charge < -0.3 is 24.7 Å². The summed E-state index contributed by atoms with van der Waals surface area (Å²) >= 11 is 9.63. The van der Waals surface area contributed by atoms with Crippen molar-refractivity contribution in [1.29, 1.82) is 0 Å². The minimum absolute atomic E-state index is 0.0679. The van der Waals surface area contributed by atoms with Crippen molar-refractivity contribution in [2.75, 3.05) is 14.2 Å². The van der Waals surface area contributed by atoms with Crippen LogP contribution in [-0.2, 0) is 25.7 Å². The summed E-state index contributed by atoms with van der Waals surface area (Å²) in [6, 6.07) is 10.9. The highest BCUT2D eigenvalue weighted by molar-refractivity contribution is 9.10. The van der Waals surface area contributed by atoms with Crippen molar-refractivity contribution in [2.45, 2.75) is 31.8 Å². The zero-order chi connectivity index (χ0) is 24.4. The van der Waals surface area contributed by atoms with Crippen molar-refractivity contribution < 1.29 is 28.5 Å². The number of ketones is 1. The summed E-state index contributed by atoms with van der Waals surface area (Å²) in [7, 11) is 2.78. The molecule has 4 rings (SSSR count). The normalized spacial score (nSPS) is 17.8. The van der Waals surface area contributed by atoms with Crippen molar-refractivity contribution >= 4 is 39.3 Å². The second-order valence-corrected chi connectivity index (χ2v) is 9.16. The average Bonchev–Trinajstić information content (AvgIpc) is 2.81. The first-order chi connectivity index (χ1) is 16.3. The molecule has 1 atom stereocenters. The number of Topliss-reactive ketones (excluding diaryl/α,β-unsaturated/α-hetero) is 1. The number of nitrogens with two attached hydrogens (primary N) is 1. The van der Waals surface area contributed by atoms with E-state index in [9.17, 15) is 9.59 Å². The smallest absolute Gasteiger partial charge is 0.340 e. The second-order valence-electron chi connectivity index (χ2n) is 7.87. The molecule has 0 saturated carbocycles. The topological polar surface area (TPSA) is 97.1 Å². The van der Waals surface area contributed by atoms with Crippen molar-refractivity contribution in [1.82, 2.24) is 0 Å². The molecule has 0 amide bonds. The minimum atomic E-state index is -0.754. The van der Waals surface area contributed by atoms with E-state index >= 15 is 0 Å². The summed E-state index contributed by atoms with van der Waals surface area (Å²) in [5, 5.41) is 0.614. The number of rotatable bonds is 6. The van der Waals surface area contributed by atoms with Crippen molar-refractivity contribution in [3.63, 3.8) is 0 Å².